The third kappa shape index (κ3) is 8.44. The lowest BCUT2D eigenvalue weighted by Gasteiger charge is -2.22. The molecule has 214 valence electrons. The first-order valence-corrected chi connectivity index (χ1v) is 14.6. The third-order valence-electron chi connectivity index (χ3n) is 7.37. The molecule has 6 nitrogen and oxygen atoms in total. The molecule has 41 heavy (non-hydrogen) atoms. The van der Waals surface area contributed by atoms with Crippen LogP contribution < -0.4 is 10.6 Å². The van der Waals surface area contributed by atoms with E-state index in [1.54, 1.807) is 24.3 Å². The Hall–Kier alpha value is -3.61. The summed E-state index contributed by atoms with van der Waals surface area (Å²) in [5.74, 6) is -1.90. The highest BCUT2D eigenvalue weighted by atomic mass is 35.5. The largest absolute Gasteiger partial charge is 0.481 e. The molecule has 1 aliphatic rings. The van der Waals surface area contributed by atoms with Gasteiger partial charge in [-0.15, -0.1) is 0 Å². The molecule has 2 unspecified atom stereocenters. The van der Waals surface area contributed by atoms with Crippen LogP contribution in [0.5, 0.6) is 0 Å². The molecule has 2 atom stereocenters. The Labute approximate surface area is 250 Å². The summed E-state index contributed by atoms with van der Waals surface area (Å²) in [5.41, 5.74) is 5.63. The zero-order chi connectivity index (χ0) is 29.4. The predicted molar refractivity (Wildman–Crippen MR) is 163 cm³/mol. The fourth-order valence-corrected chi connectivity index (χ4v) is 5.29. The van der Waals surface area contributed by atoms with Crippen LogP contribution in [0.25, 0.3) is 5.57 Å². The number of halogens is 2. The number of aliphatic carboxylic acids is 1. The smallest absolute Gasteiger partial charge is 0.305 e. The number of amides is 2. The van der Waals surface area contributed by atoms with E-state index in [1.165, 1.54) is 24.0 Å². The van der Waals surface area contributed by atoms with Crippen molar-refractivity contribution in [1.29, 1.82) is 0 Å². The van der Waals surface area contributed by atoms with E-state index in [0.29, 0.717) is 22.0 Å². The summed E-state index contributed by atoms with van der Waals surface area (Å²) in [5, 5.41) is 15.4. The monoisotopic (exact) mass is 592 g/mol. The van der Waals surface area contributed by atoms with Crippen molar-refractivity contribution in [2.75, 3.05) is 6.54 Å². The van der Waals surface area contributed by atoms with E-state index >= 15 is 0 Å². The van der Waals surface area contributed by atoms with Gasteiger partial charge in [0.2, 0.25) is 5.91 Å². The van der Waals surface area contributed by atoms with Crippen molar-refractivity contribution >= 4 is 46.6 Å². The van der Waals surface area contributed by atoms with E-state index < -0.39 is 11.9 Å². The first-order valence-electron chi connectivity index (χ1n) is 13.8. The van der Waals surface area contributed by atoms with Gasteiger partial charge in [0.05, 0.1) is 28.4 Å². The summed E-state index contributed by atoms with van der Waals surface area (Å²) >= 11 is 12.3. The Bertz CT molecular complexity index is 1420. The van der Waals surface area contributed by atoms with Crippen LogP contribution in [-0.4, -0.2) is 29.4 Å². The van der Waals surface area contributed by atoms with Crippen molar-refractivity contribution < 1.29 is 19.5 Å². The number of hydrogen-bond donors (Lipinski definition) is 3. The van der Waals surface area contributed by atoms with Gasteiger partial charge in [0.15, 0.2) is 0 Å². The second-order valence-electron chi connectivity index (χ2n) is 10.4. The number of hydrogen-bond acceptors (Lipinski definition) is 3. The average Bonchev–Trinajstić information content (AvgIpc) is 2.98. The number of carbonyl (C=O) groups excluding carboxylic acids is 2. The van der Waals surface area contributed by atoms with Gasteiger partial charge in [-0.05, 0) is 91.1 Å². The molecule has 0 aromatic heterocycles. The molecule has 0 fully saturated rings. The lowest BCUT2D eigenvalue weighted by Crippen LogP contribution is -2.32. The number of carbonyl (C=O) groups is 3. The van der Waals surface area contributed by atoms with Crippen LogP contribution in [-0.2, 0) is 16.0 Å². The van der Waals surface area contributed by atoms with Crippen molar-refractivity contribution in [2.24, 2.45) is 0 Å². The fourth-order valence-electron chi connectivity index (χ4n) is 4.98. The minimum absolute atomic E-state index is 0.0576. The minimum atomic E-state index is -0.970. The summed E-state index contributed by atoms with van der Waals surface area (Å²) in [7, 11) is 0. The molecule has 8 heteroatoms. The molecule has 3 aromatic carbocycles. The highest BCUT2D eigenvalue weighted by molar-refractivity contribution is 6.42. The van der Waals surface area contributed by atoms with Crippen molar-refractivity contribution in [2.45, 2.75) is 57.4 Å². The molecule has 4 rings (SSSR count). The number of carboxylic acids is 1. The number of nitrogens with one attached hydrogen (secondary N) is 2. The SMILES string of the molecule is CC(NC(=O)C(Cc1ccc(C(=O)NCCC(=O)O)cc1)c1ccc(C2=CCCCC2)cc1)c1ccc(Cl)c(Cl)c1. The second-order valence-corrected chi connectivity index (χ2v) is 11.2. The van der Waals surface area contributed by atoms with E-state index in [1.807, 2.05) is 37.3 Å². The van der Waals surface area contributed by atoms with Gasteiger partial charge in [0.25, 0.3) is 5.91 Å². The average molecular weight is 594 g/mol. The number of allylic oxidation sites excluding steroid dienone is 2. The quantitative estimate of drug-likeness (QED) is 0.217. The molecule has 2 amide bonds. The van der Waals surface area contributed by atoms with Gasteiger partial charge in [-0.3, -0.25) is 14.4 Å². The van der Waals surface area contributed by atoms with Gasteiger partial charge < -0.3 is 15.7 Å². The van der Waals surface area contributed by atoms with Crippen molar-refractivity contribution in [1.82, 2.24) is 10.6 Å². The lowest BCUT2D eigenvalue weighted by atomic mass is 9.88. The summed E-state index contributed by atoms with van der Waals surface area (Å²) in [6, 6.07) is 20.3. The molecule has 3 N–H and O–H groups in total. The second kappa shape index (κ2) is 14.3. The minimum Gasteiger partial charge on any atom is -0.481 e. The molecule has 0 spiro atoms. The van der Waals surface area contributed by atoms with Gasteiger partial charge in [0.1, 0.15) is 0 Å². The first kappa shape index (κ1) is 30.4. The first-order chi connectivity index (χ1) is 19.7. The van der Waals surface area contributed by atoms with E-state index in [4.69, 9.17) is 28.3 Å². The van der Waals surface area contributed by atoms with Gasteiger partial charge in [0, 0.05) is 12.1 Å². The third-order valence-corrected chi connectivity index (χ3v) is 8.11. The zero-order valence-corrected chi connectivity index (χ0v) is 24.5. The zero-order valence-electron chi connectivity index (χ0n) is 23.0. The maximum Gasteiger partial charge on any atom is 0.305 e. The number of benzene rings is 3. The predicted octanol–water partition coefficient (Wildman–Crippen LogP) is 7.36. The van der Waals surface area contributed by atoms with E-state index in [-0.39, 0.29) is 30.8 Å². The topological polar surface area (TPSA) is 95.5 Å². The van der Waals surface area contributed by atoms with Crippen LogP contribution in [0.2, 0.25) is 10.0 Å². The van der Waals surface area contributed by atoms with Crippen LogP contribution >= 0.6 is 23.2 Å². The van der Waals surface area contributed by atoms with Crippen LogP contribution in [0, 0.1) is 0 Å². The Morgan fingerprint density at radius 1 is 0.902 bits per heavy atom. The van der Waals surface area contributed by atoms with Crippen LogP contribution in [0.4, 0.5) is 0 Å². The Kier molecular flexibility index (Phi) is 10.6. The normalized spacial score (nSPS) is 14.5. The van der Waals surface area contributed by atoms with Crippen LogP contribution in [0.1, 0.15) is 83.6 Å². The number of carboxylic acid groups (broad SMARTS) is 1. The summed E-state index contributed by atoms with van der Waals surface area (Å²) in [6.45, 7) is 1.97. The van der Waals surface area contributed by atoms with Gasteiger partial charge in [-0.2, -0.15) is 0 Å². The molecule has 0 aliphatic heterocycles. The van der Waals surface area contributed by atoms with Crippen molar-refractivity contribution in [3.05, 3.63) is 111 Å². The standard InChI is InChI=1S/C33H34Cl2N2O4/c1-21(27-15-16-29(34)30(35)20-27)37-33(41)28(25-13-11-24(12-14-25)23-5-3-2-4-6-23)19-22-7-9-26(10-8-22)32(40)36-18-17-31(38)39/h5,7-16,20-21,28H,2-4,6,17-19H2,1H3,(H,36,40)(H,37,41)(H,38,39). The van der Waals surface area contributed by atoms with E-state index in [9.17, 15) is 14.4 Å². The van der Waals surface area contributed by atoms with Crippen LogP contribution in [0.15, 0.2) is 72.8 Å². The summed E-state index contributed by atoms with van der Waals surface area (Å²) in [4.78, 5) is 36.8. The summed E-state index contributed by atoms with van der Waals surface area (Å²) in [6.07, 6.45) is 7.19. The highest BCUT2D eigenvalue weighted by Gasteiger charge is 2.24. The summed E-state index contributed by atoms with van der Waals surface area (Å²) < 4.78 is 0. The molecule has 0 saturated heterocycles. The Morgan fingerprint density at radius 2 is 1.61 bits per heavy atom. The van der Waals surface area contributed by atoms with Gasteiger partial charge in [-0.25, -0.2) is 0 Å². The Balaban J connectivity index is 1.53. The van der Waals surface area contributed by atoms with Crippen molar-refractivity contribution in [3.8, 4) is 0 Å². The molecular weight excluding hydrogens is 559 g/mol. The molecular formula is C33H34Cl2N2O4. The van der Waals surface area contributed by atoms with Crippen molar-refractivity contribution in [3.63, 3.8) is 0 Å². The van der Waals surface area contributed by atoms with Gasteiger partial charge in [-0.1, -0.05) is 71.7 Å². The lowest BCUT2D eigenvalue weighted by molar-refractivity contribution is -0.136. The molecule has 0 heterocycles. The van der Waals surface area contributed by atoms with Crippen LogP contribution in [0.3, 0.4) is 0 Å². The van der Waals surface area contributed by atoms with E-state index in [0.717, 1.165) is 29.5 Å². The maximum atomic E-state index is 13.7. The molecule has 0 radical (unpaired) electrons. The fraction of sp³-hybridized carbons (Fsp3) is 0.303. The van der Waals surface area contributed by atoms with Gasteiger partial charge >= 0.3 is 5.97 Å². The molecule has 3 aromatic rings. The maximum absolute atomic E-state index is 13.7. The molecule has 1 aliphatic carbocycles. The highest BCUT2D eigenvalue weighted by Crippen LogP contribution is 2.30. The van der Waals surface area contributed by atoms with E-state index in [2.05, 4.69) is 28.8 Å². The molecule has 0 bridgehead atoms. The number of rotatable bonds is 11. The molecule has 0 saturated carbocycles. The Morgan fingerprint density at radius 3 is 2.24 bits per heavy atom.